The largest absolute Gasteiger partial charge is 0.496 e. The van der Waals surface area contributed by atoms with Crippen molar-refractivity contribution in [2.45, 2.75) is 33.1 Å². The number of aryl methyl sites for hydroxylation is 1. The first-order valence-electron chi connectivity index (χ1n) is 6.21. The Hall–Kier alpha value is -1.51. The standard InChI is InChI=1S/C15H22O3/c1-10(2)12(9-15(16)18-5)13-8-11(3)6-7-14(13)17-4/h6-8,10,12H,9H2,1-5H3. The molecule has 1 unspecified atom stereocenters. The fourth-order valence-corrected chi connectivity index (χ4v) is 2.11. The van der Waals surface area contributed by atoms with Crippen LogP contribution in [-0.4, -0.2) is 20.2 Å². The second kappa shape index (κ2) is 6.43. The number of ether oxygens (including phenoxy) is 2. The van der Waals surface area contributed by atoms with Gasteiger partial charge in [0.1, 0.15) is 5.75 Å². The van der Waals surface area contributed by atoms with Crippen molar-refractivity contribution in [3.63, 3.8) is 0 Å². The second-order valence-electron chi connectivity index (χ2n) is 4.88. The van der Waals surface area contributed by atoms with E-state index >= 15 is 0 Å². The quantitative estimate of drug-likeness (QED) is 0.752. The topological polar surface area (TPSA) is 35.5 Å². The predicted molar refractivity (Wildman–Crippen MR) is 71.9 cm³/mol. The zero-order chi connectivity index (χ0) is 13.7. The zero-order valence-electron chi connectivity index (χ0n) is 11.8. The minimum atomic E-state index is -0.183. The van der Waals surface area contributed by atoms with Crippen LogP contribution in [0.2, 0.25) is 0 Å². The van der Waals surface area contributed by atoms with Gasteiger partial charge in [-0.2, -0.15) is 0 Å². The van der Waals surface area contributed by atoms with Gasteiger partial charge in [0.2, 0.25) is 0 Å². The molecular formula is C15H22O3. The summed E-state index contributed by atoms with van der Waals surface area (Å²) in [5.41, 5.74) is 2.25. The van der Waals surface area contributed by atoms with Crippen LogP contribution in [0, 0.1) is 12.8 Å². The molecule has 0 aromatic heterocycles. The molecule has 0 aliphatic carbocycles. The van der Waals surface area contributed by atoms with Crippen molar-refractivity contribution in [2.24, 2.45) is 5.92 Å². The van der Waals surface area contributed by atoms with E-state index in [1.54, 1.807) is 7.11 Å². The number of methoxy groups -OCH3 is 2. The number of hydrogen-bond donors (Lipinski definition) is 0. The maximum absolute atomic E-state index is 11.5. The maximum Gasteiger partial charge on any atom is 0.306 e. The molecule has 100 valence electrons. The Kier molecular flexibility index (Phi) is 5.20. The Morgan fingerprint density at radius 3 is 2.44 bits per heavy atom. The van der Waals surface area contributed by atoms with Crippen molar-refractivity contribution in [1.82, 2.24) is 0 Å². The van der Waals surface area contributed by atoms with Crippen molar-refractivity contribution in [2.75, 3.05) is 14.2 Å². The van der Waals surface area contributed by atoms with Gasteiger partial charge in [0, 0.05) is 5.92 Å². The molecule has 0 saturated heterocycles. The van der Waals surface area contributed by atoms with Gasteiger partial charge in [-0.1, -0.05) is 31.5 Å². The molecule has 0 radical (unpaired) electrons. The molecule has 1 aromatic rings. The van der Waals surface area contributed by atoms with Crippen LogP contribution in [0.15, 0.2) is 18.2 Å². The SMILES string of the molecule is COC(=O)CC(c1cc(C)ccc1OC)C(C)C. The Balaban J connectivity index is 3.12. The highest BCUT2D eigenvalue weighted by Gasteiger charge is 2.23. The highest BCUT2D eigenvalue weighted by atomic mass is 16.5. The van der Waals surface area contributed by atoms with E-state index in [0.29, 0.717) is 12.3 Å². The van der Waals surface area contributed by atoms with Crippen LogP contribution in [0.4, 0.5) is 0 Å². The molecule has 3 heteroatoms. The molecule has 0 aliphatic heterocycles. The monoisotopic (exact) mass is 250 g/mol. The average molecular weight is 250 g/mol. The number of rotatable bonds is 5. The summed E-state index contributed by atoms with van der Waals surface area (Å²) in [6, 6.07) is 6.06. The van der Waals surface area contributed by atoms with Gasteiger partial charge in [-0.3, -0.25) is 4.79 Å². The lowest BCUT2D eigenvalue weighted by atomic mass is 9.84. The molecule has 0 saturated carbocycles. The van der Waals surface area contributed by atoms with Gasteiger partial charge in [0.15, 0.2) is 0 Å². The molecular weight excluding hydrogens is 228 g/mol. The molecule has 1 aromatic carbocycles. The van der Waals surface area contributed by atoms with Crippen molar-refractivity contribution in [3.8, 4) is 5.75 Å². The van der Waals surface area contributed by atoms with Crippen LogP contribution in [0.25, 0.3) is 0 Å². The Morgan fingerprint density at radius 1 is 1.28 bits per heavy atom. The number of hydrogen-bond acceptors (Lipinski definition) is 3. The third-order valence-corrected chi connectivity index (χ3v) is 3.20. The molecule has 0 bridgehead atoms. The van der Waals surface area contributed by atoms with Gasteiger partial charge >= 0.3 is 5.97 Å². The van der Waals surface area contributed by atoms with E-state index in [-0.39, 0.29) is 11.9 Å². The van der Waals surface area contributed by atoms with Gasteiger partial charge in [-0.15, -0.1) is 0 Å². The van der Waals surface area contributed by atoms with Crippen LogP contribution in [0.1, 0.15) is 37.3 Å². The van der Waals surface area contributed by atoms with Crippen molar-refractivity contribution >= 4 is 5.97 Å². The summed E-state index contributed by atoms with van der Waals surface area (Å²) in [6.45, 7) is 6.25. The van der Waals surface area contributed by atoms with Crippen LogP contribution in [0.3, 0.4) is 0 Å². The number of benzene rings is 1. The highest BCUT2D eigenvalue weighted by molar-refractivity contribution is 5.70. The zero-order valence-corrected chi connectivity index (χ0v) is 11.8. The lowest BCUT2D eigenvalue weighted by Gasteiger charge is -2.22. The summed E-state index contributed by atoms with van der Waals surface area (Å²) in [5.74, 6) is 1.12. The fourth-order valence-electron chi connectivity index (χ4n) is 2.11. The number of esters is 1. The van der Waals surface area contributed by atoms with E-state index < -0.39 is 0 Å². The predicted octanol–water partition coefficient (Wildman–Crippen LogP) is 3.31. The summed E-state index contributed by atoms with van der Waals surface area (Å²) >= 11 is 0. The van der Waals surface area contributed by atoms with Gasteiger partial charge in [0.25, 0.3) is 0 Å². The van der Waals surface area contributed by atoms with Gasteiger partial charge in [0.05, 0.1) is 20.6 Å². The summed E-state index contributed by atoms with van der Waals surface area (Å²) in [5, 5.41) is 0. The minimum absolute atomic E-state index is 0.118. The summed E-state index contributed by atoms with van der Waals surface area (Å²) in [6.07, 6.45) is 0.383. The third-order valence-electron chi connectivity index (χ3n) is 3.20. The minimum Gasteiger partial charge on any atom is -0.496 e. The van der Waals surface area contributed by atoms with E-state index in [1.807, 2.05) is 19.1 Å². The lowest BCUT2D eigenvalue weighted by Crippen LogP contribution is -2.14. The summed E-state index contributed by atoms with van der Waals surface area (Å²) < 4.78 is 10.2. The lowest BCUT2D eigenvalue weighted by molar-refractivity contribution is -0.141. The molecule has 0 aliphatic rings. The normalized spacial score (nSPS) is 12.3. The van der Waals surface area contributed by atoms with Crippen LogP contribution < -0.4 is 4.74 Å². The third kappa shape index (κ3) is 3.49. The molecule has 3 nitrogen and oxygen atoms in total. The van der Waals surface area contributed by atoms with E-state index in [1.165, 1.54) is 12.7 Å². The summed E-state index contributed by atoms with van der Waals surface area (Å²) in [7, 11) is 3.08. The summed E-state index contributed by atoms with van der Waals surface area (Å²) in [4.78, 5) is 11.5. The second-order valence-corrected chi connectivity index (χ2v) is 4.88. The van der Waals surface area contributed by atoms with Crippen molar-refractivity contribution in [1.29, 1.82) is 0 Å². The molecule has 0 fully saturated rings. The van der Waals surface area contributed by atoms with E-state index in [4.69, 9.17) is 9.47 Å². The van der Waals surface area contributed by atoms with E-state index in [2.05, 4.69) is 19.9 Å². The molecule has 0 N–H and O–H groups in total. The van der Waals surface area contributed by atoms with Gasteiger partial charge in [-0.25, -0.2) is 0 Å². The van der Waals surface area contributed by atoms with Gasteiger partial charge in [-0.05, 0) is 24.5 Å². The van der Waals surface area contributed by atoms with Crippen LogP contribution in [-0.2, 0) is 9.53 Å². The van der Waals surface area contributed by atoms with Crippen molar-refractivity contribution < 1.29 is 14.3 Å². The van der Waals surface area contributed by atoms with Crippen LogP contribution >= 0.6 is 0 Å². The Morgan fingerprint density at radius 2 is 1.94 bits per heavy atom. The van der Waals surface area contributed by atoms with E-state index in [9.17, 15) is 4.79 Å². The molecule has 1 rings (SSSR count). The first-order chi connectivity index (χ1) is 8.49. The molecule has 0 spiro atoms. The first kappa shape index (κ1) is 14.6. The number of carbonyl (C=O) groups excluding carboxylic acids is 1. The number of carbonyl (C=O) groups is 1. The highest BCUT2D eigenvalue weighted by Crippen LogP contribution is 2.35. The maximum atomic E-state index is 11.5. The Labute approximate surface area is 109 Å². The fraction of sp³-hybridized carbons (Fsp3) is 0.533. The average Bonchev–Trinajstić information content (AvgIpc) is 2.35. The van der Waals surface area contributed by atoms with E-state index in [0.717, 1.165) is 11.3 Å². The molecule has 1 atom stereocenters. The van der Waals surface area contributed by atoms with Crippen LogP contribution in [0.5, 0.6) is 5.75 Å². The smallest absolute Gasteiger partial charge is 0.306 e. The van der Waals surface area contributed by atoms with Gasteiger partial charge < -0.3 is 9.47 Å². The molecule has 0 amide bonds. The Bertz CT molecular complexity index is 410. The van der Waals surface area contributed by atoms with Crippen molar-refractivity contribution in [3.05, 3.63) is 29.3 Å². The molecule has 0 heterocycles. The molecule has 18 heavy (non-hydrogen) atoms. The first-order valence-corrected chi connectivity index (χ1v) is 6.21.